The maximum Gasteiger partial charge on any atom is 0.278 e. The van der Waals surface area contributed by atoms with Gasteiger partial charge in [0.25, 0.3) is 5.91 Å². The zero-order chi connectivity index (χ0) is 25.5. The van der Waals surface area contributed by atoms with Crippen LogP contribution in [0.2, 0.25) is 0 Å². The minimum atomic E-state index is -0.279. The van der Waals surface area contributed by atoms with E-state index in [1.165, 1.54) is 11.1 Å². The van der Waals surface area contributed by atoms with Gasteiger partial charge >= 0.3 is 0 Å². The summed E-state index contributed by atoms with van der Waals surface area (Å²) in [6.07, 6.45) is 5.29. The number of nitrogens with one attached hydrogen (secondary N) is 2. The highest BCUT2D eigenvalue weighted by Gasteiger charge is 2.30. The third kappa shape index (κ3) is 3.95. The molecule has 5 heterocycles. The van der Waals surface area contributed by atoms with Gasteiger partial charge in [0.2, 0.25) is 0 Å². The summed E-state index contributed by atoms with van der Waals surface area (Å²) in [7, 11) is 0. The zero-order valence-corrected chi connectivity index (χ0v) is 20.7. The van der Waals surface area contributed by atoms with Crippen LogP contribution in [0.4, 0.5) is 17.1 Å². The lowest BCUT2D eigenvalue weighted by Crippen LogP contribution is -2.36. The minimum absolute atomic E-state index is 0.279. The number of aromatic amines is 1. The second kappa shape index (κ2) is 9.31. The summed E-state index contributed by atoms with van der Waals surface area (Å²) in [5, 5.41) is 14.9. The molecule has 0 radical (unpaired) electrons. The summed E-state index contributed by atoms with van der Waals surface area (Å²) >= 11 is 0. The number of carbonyl (C=O) groups is 1. The van der Waals surface area contributed by atoms with Gasteiger partial charge in [-0.3, -0.25) is 9.89 Å². The second-order valence-corrected chi connectivity index (χ2v) is 9.48. The first-order chi connectivity index (χ1) is 18.7. The molecule has 2 aliphatic heterocycles. The van der Waals surface area contributed by atoms with E-state index in [0.717, 1.165) is 35.7 Å². The predicted molar refractivity (Wildman–Crippen MR) is 144 cm³/mol. The van der Waals surface area contributed by atoms with Gasteiger partial charge in [-0.25, -0.2) is 9.50 Å². The number of rotatable bonds is 5. The largest absolute Gasteiger partial charge is 0.378 e. The normalized spacial score (nSPS) is 15.2. The van der Waals surface area contributed by atoms with Gasteiger partial charge in [-0.1, -0.05) is 30.3 Å². The number of anilines is 3. The number of amides is 1. The fourth-order valence-electron chi connectivity index (χ4n) is 5.27. The molecular weight excluding hydrogens is 480 g/mol. The third-order valence-electron chi connectivity index (χ3n) is 7.14. The Kier molecular flexibility index (Phi) is 5.51. The average Bonchev–Trinajstić information content (AvgIpc) is 3.72. The van der Waals surface area contributed by atoms with E-state index in [-0.39, 0.29) is 5.91 Å². The molecule has 38 heavy (non-hydrogen) atoms. The van der Waals surface area contributed by atoms with Crippen molar-refractivity contribution < 1.29 is 9.53 Å². The van der Waals surface area contributed by atoms with Gasteiger partial charge in [-0.15, -0.1) is 0 Å². The Morgan fingerprint density at radius 1 is 0.974 bits per heavy atom. The van der Waals surface area contributed by atoms with E-state index in [1.807, 2.05) is 36.4 Å². The van der Waals surface area contributed by atoms with Gasteiger partial charge in [-0.05, 0) is 35.4 Å². The van der Waals surface area contributed by atoms with Crippen LogP contribution in [0.15, 0.2) is 73.2 Å². The van der Waals surface area contributed by atoms with Crippen molar-refractivity contribution in [3.63, 3.8) is 0 Å². The van der Waals surface area contributed by atoms with Crippen molar-refractivity contribution >= 4 is 28.6 Å². The topological polar surface area (TPSA) is 104 Å². The van der Waals surface area contributed by atoms with E-state index in [1.54, 1.807) is 23.1 Å². The lowest BCUT2D eigenvalue weighted by Gasteiger charge is -2.29. The van der Waals surface area contributed by atoms with Gasteiger partial charge in [0, 0.05) is 55.5 Å². The van der Waals surface area contributed by atoms with Crippen LogP contribution >= 0.6 is 0 Å². The smallest absolute Gasteiger partial charge is 0.278 e. The number of carbonyl (C=O) groups excluding carboxylic acids is 1. The van der Waals surface area contributed by atoms with Gasteiger partial charge in [0.1, 0.15) is 5.69 Å². The Balaban J connectivity index is 1.28. The Labute approximate surface area is 218 Å². The molecule has 2 aliphatic rings. The van der Waals surface area contributed by atoms with E-state index in [9.17, 15) is 4.79 Å². The molecule has 190 valence electrons. The van der Waals surface area contributed by atoms with Crippen LogP contribution in [0.3, 0.4) is 0 Å². The molecule has 0 atom stereocenters. The molecular formula is C28H26N8O2. The van der Waals surface area contributed by atoms with E-state index in [2.05, 4.69) is 48.5 Å². The van der Waals surface area contributed by atoms with Crippen molar-refractivity contribution in [2.75, 3.05) is 41.4 Å². The van der Waals surface area contributed by atoms with Crippen LogP contribution in [-0.4, -0.2) is 57.0 Å². The molecule has 10 nitrogen and oxygen atoms in total. The molecule has 0 saturated carbocycles. The number of aromatic nitrogens is 5. The van der Waals surface area contributed by atoms with Crippen LogP contribution in [0.5, 0.6) is 0 Å². The summed E-state index contributed by atoms with van der Waals surface area (Å²) in [6.45, 7) is 4.42. The van der Waals surface area contributed by atoms with Crippen molar-refractivity contribution in [2.24, 2.45) is 0 Å². The van der Waals surface area contributed by atoms with Crippen LogP contribution in [0.1, 0.15) is 21.6 Å². The molecule has 0 aliphatic carbocycles. The van der Waals surface area contributed by atoms with Crippen molar-refractivity contribution in [3.8, 4) is 11.3 Å². The fourth-order valence-corrected chi connectivity index (χ4v) is 5.27. The van der Waals surface area contributed by atoms with Gasteiger partial charge < -0.3 is 19.9 Å². The molecule has 1 saturated heterocycles. The Bertz CT molecular complexity index is 1600. The standard InChI is InChI=1S/C28H26N8O2/c37-28(32-22-6-3-7-23(14-22)34-10-12-38-13-11-34)25-26(35-17-19-4-1-2-5-20(19)18-35)27-29-9-8-24(36(27)33-25)21-15-30-31-16-21/h1-9,14-16H,10-13,17-18H2,(H,30,31)(H,32,37). The average molecular weight is 507 g/mol. The quantitative estimate of drug-likeness (QED) is 0.374. The highest BCUT2D eigenvalue weighted by Crippen LogP contribution is 2.35. The van der Waals surface area contributed by atoms with Gasteiger partial charge in [0.15, 0.2) is 11.3 Å². The Morgan fingerprint density at radius 3 is 2.55 bits per heavy atom. The number of fused-ring (bicyclic) bond motifs is 2. The van der Waals surface area contributed by atoms with E-state index < -0.39 is 0 Å². The SMILES string of the molecule is O=C(Nc1cccc(N2CCOCC2)c1)c1nn2c(-c3cn[nH]c3)ccnc2c1N1Cc2ccccc2C1. The maximum absolute atomic E-state index is 13.8. The summed E-state index contributed by atoms with van der Waals surface area (Å²) in [5.41, 5.74) is 7.59. The van der Waals surface area contributed by atoms with E-state index >= 15 is 0 Å². The fraction of sp³-hybridized carbons (Fsp3) is 0.214. The number of hydrogen-bond acceptors (Lipinski definition) is 7. The lowest BCUT2D eigenvalue weighted by atomic mass is 10.1. The molecule has 1 amide bonds. The molecule has 7 rings (SSSR count). The summed E-state index contributed by atoms with van der Waals surface area (Å²) in [5.74, 6) is -0.279. The number of benzene rings is 2. The molecule has 10 heteroatoms. The molecule has 3 aromatic heterocycles. The van der Waals surface area contributed by atoms with Crippen molar-refractivity contribution in [1.29, 1.82) is 0 Å². The number of ether oxygens (including phenoxy) is 1. The highest BCUT2D eigenvalue weighted by atomic mass is 16.5. The molecule has 5 aromatic rings. The zero-order valence-electron chi connectivity index (χ0n) is 20.7. The first kappa shape index (κ1) is 22.5. The molecule has 0 bridgehead atoms. The van der Waals surface area contributed by atoms with Crippen molar-refractivity contribution in [2.45, 2.75) is 13.1 Å². The molecule has 0 spiro atoms. The summed E-state index contributed by atoms with van der Waals surface area (Å²) < 4.78 is 7.22. The molecule has 0 unspecified atom stereocenters. The number of hydrogen-bond donors (Lipinski definition) is 2. The summed E-state index contributed by atoms with van der Waals surface area (Å²) in [6, 6.07) is 18.1. The van der Waals surface area contributed by atoms with Gasteiger partial charge in [0.05, 0.1) is 25.1 Å². The lowest BCUT2D eigenvalue weighted by molar-refractivity contribution is 0.102. The molecule has 1 fully saturated rings. The Morgan fingerprint density at radius 2 is 1.79 bits per heavy atom. The predicted octanol–water partition coefficient (Wildman–Crippen LogP) is 3.73. The van der Waals surface area contributed by atoms with Crippen LogP contribution in [0.25, 0.3) is 16.9 Å². The van der Waals surface area contributed by atoms with E-state index in [0.29, 0.717) is 43.3 Å². The van der Waals surface area contributed by atoms with Crippen LogP contribution in [-0.2, 0) is 17.8 Å². The highest BCUT2D eigenvalue weighted by molar-refractivity contribution is 6.09. The summed E-state index contributed by atoms with van der Waals surface area (Å²) in [4.78, 5) is 22.9. The van der Waals surface area contributed by atoms with Crippen molar-refractivity contribution in [1.82, 2.24) is 24.8 Å². The van der Waals surface area contributed by atoms with Gasteiger partial charge in [-0.2, -0.15) is 10.2 Å². The third-order valence-corrected chi connectivity index (χ3v) is 7.14. The number of H-pyrrole nitrogens is 1. The molecule has 2 aromatic carbocycles. The monoisotopic (exact) mass is 506 g/mol. The van der Waals surface area contributed by atoms with Crippen LogP contribution < -0.4 is 15.1 Å². The number of nitrogens with zero attached hydrogens (tertiary/aromatic N) is 6. The molecule has 2 N–H and O–H groups in total. The maximum atomic E-state index is 13.8. The Hall–Kier alpha value is -4.70. The second-order valence-electron chi connectivity index (χ2n) is 9.48. The number of morpholine rings is 1. The van der Waals surface area contributed by atoms with Crippen LogP contribution in [0, 0.1) is 0 Å². The first-order valence-corrected chi connectivity index (χ1v) is 12.7. The van der Waals surface area contributed by atoms with E-state index in [4.69, 9.17) is 9.84 Å². The first-order valence-electron chi connectivity index (χ1n) is 12.7. The minimum Gasteiger partial charge on any atom is -0.378 e. The van der Waals surface area contributed by atoms with Crippen molar-refractivity contribution in [3.05, 3.63) is 90.0 Å².